The summed E-state index contributed by atoms with van der Waals surface area (Å²) in [5.41, 5.74) is 2.98. The summed E-state index contributed by atoms with van der Waals surface area (Å²) in [5.74, 6) is 0.341. The second kappa shape index (κ2) is 5.72. The summed E-state index contributed by atoms with van der Waals surface area (Å²) in [6, 6.07) is 0. The van der Waals surface area contributed by atoms with Crippen molar-refractivity contribution in [2.24, 2.45) is 11.8 Å². The van der Waals surface area contributed by atoms with Crippen LogP contribution in [0.1, 0.15) is 55.1 Å². The average molecular weight is 290 g/mol. The Morgan fingerprint density at radius 2 is 2.14 bits per heavy atom. The predicted molar refractivity (Wildman–Crippen MR) is 77.0 cm³/mol. The van der Waals surface area contributed by atoms with E-state index < -0.39 is 5.97 Å². The third-order valence-corrected chi connectivity index (χ3v) is 4.50. The number of ether oxygens (including phenoxy) is 1. The normalized spacial score (nSPS) is 22.7. The number of nitrogens with zero attached hydrogens (tertiary/aromatic N) is 2. The fraction of sp³-hybridized carbons (Fsp3) is 0.688. The first-order chi connectivity index (χ1) is 10.1. The van der Waals surface area contributed by atoms with Crippen LogP contribution in [0.3, 0.4) is 0 Å². The van der Waals surface area contributed by atoms with Gasteiger partial charge in [0, 0.05) is 18.0 Å². The highest BCUT2D eigenvalue weighted by Crippen LogP contribution is 2.42. The monoisotopic (exact) mass is 290 g/mol. The number of carboxylic acid groups (broad SMARTS) is 1. The molecule has 0 radical (unpaired) electrons. The molecule has 0 aromatic carbocycles. The van der Waals surface area contributed by atoms with Crippen LogP contribution in [-0.4, -0.2) is 27.7 Å². The number of aryl methyl sites for hydroxylation is 2. The molecule has 2 unspecified atom stereocenters. The molecule has 21 heavy (non-hydrogen) atoms. The lowest BCUT2D eigenvalue weighted by Crippen LogP contribution is -2.25. The molecule has 2 aliphatic rings. The predicted octanol–water partition coefficient (Wildman–Crippen LogP) is 2.46. The number of aromatic nitrogens is 2. The Kier molecular flexibility index (Phi) is 3.93. The Morgan fingerprint density at radius 1 is 1.38 bits per heavy atom. The lowest BCUT2D eigenvalue weighted by atomic mass is 9.86. The van der Waals surface area contributed by atoms with Gasteiger partial charge >= 0.3 is 5.97 Å². The van der Waals surface area contributed by atoms with E-state index in [2.05, 4.69) is 4.98 Å². The molecule has 2 aliphatic carbocycles. The molecule has 1 heterocycles. The van der Waals surface area contributed by atoms with Crippen molar-refractivity contribution in [2.75, 3.05) is 6.61 Å². The number of hydrogen-bond acceptors (Lipinski definition) is 4. The van der Waals surface area contributed by atoms with Crippen molar-refractivity contribution < 1.29 is 14.6 Å². The quantitative estimate of drug-likeness (QED) is 0.902. The van der Waals surface area contributed by atoms with E-state index in [9.17, 15) is 9.90 Å². The molecular weight excluding hydrogens is 268 g/mol. The number of rotatable bonds is 5. The molecule has 5 heteroatoms. The highest BCUT2D eigenvalue weighted by Gasteiger charge is 2.36. The van der Waals surface area contributed by atoms with Crippen LogP contribution in [-0.2, 0) is 22.4 Å². The second-order valence-electron chi connectivity index (χ2n) is 6.08. The molecule has 0 saturated heterocycles. The number of fused-ring (bicyclic) bond motifs is 1. The summed E-state index contributed by atoms with van der Waals surface area (Å²) in [6.45, 7) is 4.63. The Labute approximate surface area is 124 Å². The van der Waals surface area contributed by atoms with Crippen LogP contribution in [0.15, 0.2) is 0 Å². The van der Waals surface area contributed by atoms with Gasteiger partial charge in [-0.2, -0.15) is 0 Å². The van der Waals surface area contributed by atoms with Gasteiger partial charge in [-0.05, 0) is 57.4 Å². The van der Waals surface area contributed by atoms with E-state index in [0.717, 1.165) is 29.2 Å². The van der Waals surface area contributed by atoms with Crippen LogP contribution < -0.4 is 0 Å². The number of carbonyl (C=O) groups is 1. The Balaban J connectivity index is 1.89. The highest BCUT2D eigenvalue weighted by molar-refractivity contribution is 5.71. The standard InChI is InChI=1S/C16H22N2O3/c1-3-21-14(10-4-5-10)15-17-9(2)12-8-11(16(19)20)6-7-13(12)18-15/h10-11,14H,3-8H2,1-2H3,(H,19,20). The Bertz CT molecular complexity index is 555. The first-order valence-corrected chi connectivity index (χ1v) is 7.80. The summed E-state index contributed by atoms with van der Waals surface area (Å²) < 4.78 is 5.84. The summed E-state index contributed by atoms with van der Waals surface area (Å²) in [7, 11) is 0. The average Bonchev–Trinajstić information content (AvgIpc) is 3.28. The molecule has 0 aliphatic heterocycles. The van der Waals surface area contributed by atoms with E-state index >= 15 is 0 Å². The minimum atomic E-state index is -0.714. The Morgan fingerprint density at radius 3 is 2.76 bits per heavy atom. The van der Waals surface area contributed by atoms with Crippen LogP contribution in [0.4, 0.5) is 0 Å². The molecule has 1 aromatic rings. The molecule has 1 saturated carbocycles. The molecule has 0 amide bonds. The van der Waals surface area contributed by atoms with Gasteiger partial charge in [-0.3, -0.25) is 4.79 Å². The van der Waals surface area contributed by atoms with Crippen molar-refractivity contribution in [3.8, 4) is 0 Å². The van der Waals surface area contributed by atoms with Crippen LogP contribution in [0.2, 0.25) is 0 Å². The smallest absolute Gasteiger partial charge is 0.306 e. The van der Waals surface area contributed by atoms with Crippen LogP contribution in [0.5, 0.6) is 0 Å². The molecule has 0 bridgehead atoms. The van der Waals surface area contributed by atoms with Gasteiger partial charge in [0.15, 0.2) is 5.82 Å². The molecule has 5 nitrogen and oxygen atoms in total. The largest absolute Gasteiger partial charge is 0.481 e. The zero-order valence-electron chi connectivity index (χ0n) is 12.6. The van der Waals surface area contributed by atoms with Crippen molar-refractivity contribution in [3.63, 3.8) is 0 Å². The van der Waals surface area contributed by atoms with Gasteiger partial charge in [-0.25, -0.2) is 9.97 Å². The van der Waals surface area contributed by atoms with Gasteiger partial charge in [0.1, 0.15) is 6.10 Å². The molecule has 2 atom stereocenters. The highest BCUT2D eigenvalue weighted by atomic mass is 16.5. The fourth-order valence-corrected chi connectivity index (χ4v) is 3.15. The minimum Gasteiger partial charge on any atom is -0.481 e. The van der Waals surface area contributed by atoms with Gasteiger partial charge in [0.2, 0.25) is 0 Å². The van der Waals surface area contributed by atoms with Crippen molar-refractivity contribution in [3.05, 3.63) is 22.8 Å². The fourth-order valence-electron chi connectivity index (χ4n) is 3.15. The topological polar surface area (TPSA) is 72.3 Å². The number of hydrogen-bond donors (Lipinski definition) is 1. The third-order valence-electron chi connectivity index (χ3n) is 4.50. The van der Waals surface area contributed by atoms with Crippen molar-refractivity contribution in [1.82, 2.24) is 9.97 Å². The van der Waals surface area contributed by atoms with Gasteiger partial charge < -0.3 is 9.84 Å². The molecule has 1 N–H and O–H groups in total. The summed E-state index contributed by atoms with van der Waals surface area (Å²) in [6.07, 6.45) is 4.33. The zero-order valence-corrected chi connectivity index (χ0v) is 12.6. The van der Waals surface area contributed by atoms with E-state index in [1.165, 1.54) is 12.8 Å². The van der Waals surface area contributed by atoms with Crippen molar-refractivity contribution in [1.29, 1.82) is 0 Å². The summed E-state index contributed by atoms with van der Waals surface area (Å²) >= 11 is 0. The number of carboxylic acids is 1. The number of aliphatic carboxylic acids is 1. The maximum atomic E-state index is 11.2. The molecule has 3 rings (SSSR count). The molecule has 0 spiro atoms. The minimum absolute atomic E-state index is 0.0104. The summed E-state index contributed by atoms with van der Waals surface area (Å²) in [5, 5.41) is 9.19. The molecule has 114 valence electrons. The second-order valence-corrected chi connectivity index (χ2v) is 6.08. The van der Waals surface area contributed by atoms with E-state index in [1.54, 1.807) is 0 Å². The molecular formula is C16H22N2O3. The van der Waals surface area contributed by atoms with Gasteiger partial charge in [-0.1, -0.05) is 0 Å². The van der Waals surface area contributed by atoms with Crippen LogP contribution in [0, 0.1) is 18.8 Å². The van der Waals surface area contributed by atoms with E-state index in [1.807, 2.05) is 13.8 Å². The Hall–Kier alpha value is -1.49. The van der Waals surface area contributed by atoms with E-state index in [0.29, 0.717) is 25.4 Å². The SMILES string of the molecule is CCOC(c1nc(C)c2c(n1)CCC(C(=O)O)C2)C1CC1. The van der Waals surface area contributed by atoms with Crippen molar-refractivity contribution >= 4 is 5.97 Å². The van der Waals surface area contributed by atoms with Gasteiger partial charge in [0.25, 0.3) is 0 Å². The molecule has 1 aromatic heterocycles. The van der Waals surface area contributed by atoms with Crippen LogP contribution >= 0.6 is 0 Å². The first kappa shape index (κ1) is 14.4. The van der Waals surface area contributed by atoms with E-state index in [-0.39, 0.29) is 12.0 Å². The molecule has 1 fully saturated rings. The summed E-state index contributed by atoms with van der Waals surface area (Å²) in [4.78, 5) is 20.5. The zero-order chi connectivity index (χ0) is 15.0. The van der Waals surface area contributed by atoms with E-state index in [4.69, 9.17) is 9.72 Å². The van der Waals surface area contributed by atoms with Gasteiger partial charge in [-0.15, -0.1) is 0 Å². The third kappa shape index (κ3) is 2.93. The lowest BCUT2D eigenvalue weighted by molar-refractivity contribution is -0.142. The maximum Gasteiger partial charge on any atom is 0.306 e. The van der Waals surface area contributed by atoms with Crippen molar-refractivity contribution in [2.45, 2.75) is 52.1 Å². The van der Waals surface area contributed by atoms with Crippen LogP contribution in [0.25, 0.3) is 0 Å². The lowest BCUT2D eigenvalue weighted by Gasteiger charge is -2.24. The first-order valence-electron chi connectivity index (χ1n) is 7.80. The maximum absolute atomic E-state index is 11.2. The van der Waals surface area contributed by atoms with Gasteiger partial charge in [0.05, 0.1) is 5.92 Å².